The monoisotopic (exact) mass is 390 g/mol. The zero-order valence-electron chi connectivity index (χ0n) is 13.9. The lowest BCUT2D eigenvalue weighted by Gasteiger charge is -2.29. The first-order valence-electron chi connectivity index (χ1n) is 8.00. The van der Waals surface area contributed by atoms with Crippen LogP contribution in [-0.2, 0) is 9.53 Å². The number of halogens is 2. The van der Waals surface area contributed by atoms with Crippen molar-refractivity contribution in [1.29, 1.82) is 0 Å². The lowest BCUT2D eigenvalue weighted by molar-refractivity contribution is -0.138. The third-order valence-corrected chi connectivity index (χ3v) is 4.65. The summed E-state index contributed by atoms with van der Waals surface area (Å²) in [5.74, 6) is -0.519. The standard InChI is InChI=1S/C19H16Cl2N2O3/c1-2-26-18(24)15-16(11-6-4-3-5-7-11)22-19(25)23-17(15)12-8-9-13(20)14(21)10-12/h3-10,17H,2H2,1H3,(H2,22,23,25)/t17-/m1/s1. The number of carbonyl (C=O) groups is 2. The first-order valence-corrected chi connectivity index (χ1v) is 8.76. The third-order valence-electron chi connectivity index (χ3n) is 3.91. The van der Waals surface area contributed by atoms with E-state index in [4.69, 9.17) is 27.9 Å². The number of urea groups is 1. The van der Waals surface area contributed by atoms with E-state index in [1.807, 2.05) is 30.3 Å². The van der Waals surface area contributed by atoms with Crippen LogP contribution in [0.25, 0.3) is 5.70 Å². The molecule has 2 aromatic rings. The lowest BCUT2D eigenvalue weighted by Crippen LogP contribution is -2.45. The first kappa shape index (κ1) is 18.3. The maximum absolute atomic E-state index is 12.7. The Balaban J connectivity index is 2.18. The molecule has 2 amide bonds. The number of esters is 1. The summed E-state index contributed by atoms with van der Waals surface area (Å²) in [6.07, 6.45) is 0. The molecule has 26 heavy (non-hydrogen) atoms. The van der Waals surface area contributed by atoms with E-state index in [1.165, 1.54) is 0 Å². The molecule has 134 valence electrons. The van der Waals surface area contributed by atoms with Gasteiger partial charge < -0.3 is 15.4 Å². The highest BCUT2D eigenvalue weighted by atomic mass is 35.5. The molecule has 1 aliphatic rings. The second-order valence-corrected chi connectivity index (χ2v) is 6.39. The van der Waals surface area contributed by atoms with Crippen LogP contribution in [0.2, 0.25) is 10.0 Å². The average Bonchev–Trinajstić information content (AvgIpc) is 2.64. The van der Waals surface area contributed by atoms with Crippen molar-refractivity contribution in [2.75, 3.05) is 6.61 Å². The molecule has 0 bridgehead atoms. The zero-order valence-corrected chi connectivity index (χ0v) is 15.4. The summed E-state index contributed by atoms with van der Waals surface area (Å²) in [5.41, 5.74) is 2.04. The van der Waals surface area contributed by atoms with Crippen molar-refractivity contribution in [3.63, 3.8) is 0 Å². The molecule has 0 aromatic heterocycles. The third kappa shape index (κ3) is 3.69. The van der Waals surface area contributed by atoms with E-state index in [9.17, 15) is 9.59 Å². The molecule has 0 spiro atoms. The van der Waals surface area contributed by atoms with Crippen LogP contribution in [0.15, 0.2) is 54.1 Å². The number of rotatable bonds is 4. The molecule has 3 rings (SSSR count). The predicted octanol–water partition coefficient (Wildman–Crippen LogP) is 4.32. The summed E-state index contributed by atoms with van der Waals surface area (Å²) in [7, 11) is 0. The SMILES string of the molecule is CCOC(=O)C1=C(c2ccccc2)NC(=O)N[C@@H]1c1ccc(Cl)c(Cl)c1. The topological polar surface area (TPSA) is 67.4 Å². The van der Waals surface area contributed by atoms with Crippen LogP contribution in [0, 0.1) is 0 Å². The van der Waals surface area contributed by atoms with Gasteiger partial charge in [0.1, 0.15) is 0 Å². The number of carbonyl (C=O) groups excluding carboxylic acids is 2. The summed E-state index contributed by atoms with van der Waals surface area (Å²) < 4.78 is 5.23. The van der Waals surface area contributed by atoms with Crippen LogP contribution in [0.1, 0.15) is 24.1 Å². The summed E-state index contributed by atoms with van der Waals surface area (Å²) in [6, 6.07) is 13.0. The molecule has 1 atom stereocenters. The summed E-state index contributed by atoms with van der Waals surface area (Å²) in [6.45, 7) is 1.94. The zero-order chi connectivity index (χ0) is 18.7. The van der Waals surface area contributed by atoms with E-state index < -0.39 is 18.0 Å². The van der Waals surface area contributed by atoms with E-state index in [-0.39, 0.29) is 6.61 Å². The Morgan fingerprint density at radius 2 is 1.85 bits per heavy atom. The van der Waals surface area contributed by atoms with Gasteiger partial charge in [-0.3, -0.25) is 0 Å². The van der Waals surface area contributed by atoms with Gasteiger partial charge in [-0.2, -0.15) is 0 Å². The summed E-state index contributed by atoms with van der Waals surface area (Å²) >= 11 is 12.1. The van der Waals surface area contributed by atoms with Gasteiger partial charge in [-0.1, -0.05) is 59.6 Å². The number of nitrogens with one attached hydrogen (secondary N) is 2. The number of ether oxygens (including phenoxy) is 1. The minimum Gasteiger partial charge on any atom is -0.463 e. The van der Waals surface area contributed by atoms with Gasteiger partial charge in [0.25, 0.3) is 0 Å². The van der Waals surface area contributed by atoms with E-state index in [2.05, 4.69) is 10.6 Å². The molecule has 2 N–H and O–H groups in total. The molecule has 1 aliphatic heterocycles. The van der Waals surface area contributed by atoms with Crippen LogP contribution < -0.4 is 10.6 Å². The Morgan fingerprint density at radius 1 is 1.12 bits per heavy atom. The molecule has 5 nitrogen and oxygen atoms in total. The van der Waals surface area contributed by atoms with Gasteiger partial charge in [0.05, 0.1) is 34.0 Å². The van der Waals surface area contributed by atoms with Gasteiger partial charge in [0.2, 0.25) is 0 Å². The van der Waals surface area contributed by atoms with Gasteiger partial charge >= 0.3 is 12.0 Å². The number of amides is 2. The second-order valence-electron chi connectivity index (χ2n) is 5.58. The van der Waals surface area contributed by atoms with Crippen molar-refractivity contribution in [3.05, 3.63) is 75.3 Å². The predicted molar refractivity (Wildman–Crippen MR) is 101 cm³/mol. The maximum Gasteiger partial charge on any atom is 0.338 e. The van der Waals surface area contributed by atoms with Crippen LogP contribution in [0.3, 0.4) is 0 Å². The fourth-order valence-corrected chi connectivity index (χ4v) is 3.07. The van der Waals surface area contributed by atoms with Crippen molar-refractivity contribution in [1.82, 2.24) is 10.6 Å². The molecule has 0 radical (unpaired) electrons. The van der Waals surface area contributed by atoms with E-state index in [0.717, 1.165) is 0 Å². The molecule has 0 aliphatic carbocycles. The number of benzene rings is 2. The van der Waals surface area contributed by atoms with Gasteiger partial charge in [-0.05, 0) is 30.2 Å². The van der Waals surface area contributed by atoms with Gasteiger partial charge in [-0.25, -0.2) is 9.59 Å². The highest BCUT2D eigenvalue weighted by molar-refractivity contribution is 6.42. The van der Waals surface area contributed by atoms with Crippen molar-refractivity contribution in [2.24, 2.45) is 0 Å². The second kappa shape index (κ2) is 7.81. The summed E-state index contributed by atoms with van der Waals surface area (Å²) in [5, 5.41) is 6.20. The van der Waals surface area contributed by atoms with Crippen LogP contribution >= 0.6 is 23.2 Å². The Labute approximate surface area is 160 Å². The smallest absolute Gasteiger partial charge is 0.338 e. The molecule has 0 saturated heterocycles. The average molecular weight is 391 g/mol. The minimum atomic E-state index is -0.715. The normalized spacial score (nSPS) is 16.7. The Kier molecular flexibility index (Phi) is 5.49. The molecule has 0 fully saturated rings. The van der Waals surface area contributed by atoms with Crippen LogP contribution in [-0.4, -0.2) is 18.6 Å². The van der Waals surface area contributed by atoms with E-state index in [0.29, 0.717) is 32.4 Å². The number of hydrogen-bond donors (Lipinski definition) is 2. The van der Waals surface area contributed by atoms with E-state index in [1.54, 1.807) is 25.1 Å². The highest BCUT2D eigenvalue weighted by Gasteiger charge is 2.34. The Morgan fingerprint density at radius 3 is 2.50 bits per heavy atom. The molecule has 0 saturated carbocycles. The molecule has 7 heteroatoms. The lowest BCUT2D eigenvalue weighted by atomic mass is 9.92. The highest BCUT2D eigenvalue weighted by Crippen LogP contribution is 2.34. The minimum absolute atomic E-state index is 0.215. The van der Waals surface area contributed by atoms with Gasteiger partial charge in [-0.15, -0.1) is 0 Å². The van der Waals surface area contributed by atoms with Crippen molar-refractivity contribution >= 4 is 40.9 Å². The quantitative estimate of drug-likeness (QED) is 0.763. The fourth-order valence-electron chi connectivity index (χ4n) is 2.77. The maximum atomic E-state index is 12.7. The Bertz CT molecular complexity index is 882. The Hall–Kier alpha value is -2.50. The van der Waals surface area contributed by atoms with Crippen LogP contribution in [0.5, 0.6) is 0 Å². The van der Waals surface area contributed by atoms with Crippen molar-refractivity contribution in [3.8, 4) is 0 Å². The van der Waals surface area contributed by atoms with Crippen molar-refractivity contribution in [2.45, 2.75) is 13.0 Å². The van der Waals surface area contributed by atoms with Gasteiger partial charge in [0.15, 0.2) is 0 Å². The van der Waals surface area contributed by atoms with E-state index >= 15 is 0 Å². The van der Waals surface area contributed by atoms with Gasteiger partial charge in [0, 0.05) is 0 Å². The first-order chi connectivity index (χ1) is 12.5. The van der Waals surface area contributed by atoms with Crippen LogP contribution in [0.4, 0.5) is 4.79 Å². The fraction of sp³-hybridized carbons (Fsp3) is 0.158. The molecular weight excluding hydrogens is 375 g/mol. The number of hydrogen-bond acceptors (Lipinski definition) is 3. The molecular formula is C19H16Cl2N2O3. The largest absolute Gasteiger partial charge is 0.463 e. The molecule has 1 heterocycles. The van der Waals surface area contributed by atoms with Crippen molar-refractivity contribution < 1.29 is 14.3 Å². The summed E-state index contributed by atoms with van der Waals surface area (Å²) in [4.78, 5) is 24.9. The molecule has 2 aromatic carbocycles. The molecule has 0 unspecified atom stereocenters.